The number of hydrogen-bond acceptors (Lipinski definition) is 5. The molecular weight excluding hydrogens is 338 g/mol. The number of carbonyl (C=O) groups excluding carboxylic acids is 2. The zero-order valence-corrected chi connectivity index (χ0v) is 13.4. The summed E-state index contributed by atoms with van der Waals surface area (Å²) in [4.78, 5) is 24.0. The number of carbonyl (C=O) groups is 2. The molecule has 3 rings (SSSR count). The van der Waals surface area contributed by atoms with Crippen LogP contribution in [0.4, 0.5) is 5.69 Å². The molecule has 1 aromatic heterocycles. The van der Waals surface area contributed by atoms with Gasteiger partial charge in [0.15, 0.2) is 0 Å². The summed E-state index contributed by atoms with van der Waals surface area (Å²) in [6.07, 6.45) is 0.0822. The summed E-state index contributed by atoms with van der Waals surface area (Å²) >= 11 is 0.983. The molecule has 2 aromatic rings. The molecule has 0 bridgehead atoms. The number of nitrogens with two attached hydrogens (primary N) is 1. The summed E-state index contributed by atoms with van der Waals surface area (Å²) < 4.78 is 23.0. The minimum atomic E-state index is -3.98. The van der Waals surface area contributed by atoms with Gasteiger partial charge >= 0.3 is 0 Å². The molecule has 1 aliphatic heterocycles. The Kier molecular flexibility index (Phi) is 3.92. The van der Waals surface area contributed by atoms with Crippen molar-refractivity contribution < 1.29 is 18.0 Å². The maximum absolute atomic E-state index is 12.4. The van der Waals surface area contributed by atoms with Crippen LogP contribution in [0, 0.1) is 0 Å². The van der Waals surface area contributed by atoms with Gasteiger partial charge in [0.2, 0.25) is 15.9 Å². The molecule has 0 aliphatic carbocycles. The summed E-state index contributed by atoms with van der Waals surface area (Å²) in [7, 11) is -3.98. The molecule has 0 unspecified atom stereocenters. The van der Waals surface area contributed by atoms with Crippen molar-refractivity contribution in [1.82, 2.24) is 5.32 Å². The highest BCUT2D eigenvalue weighted by Crippen LogP contribution is 2.31. The van der Waals surface area contributed by atoms with E-state index in [9.17, 15) is 18.0 Å². The molecular formula is C14H13N3O4S2. The second-order valence-electron chi connectivity index (χ2n) is 5.02. The van der Waals surface area contributed by atoms with Gasteiger partial charge in [0, 0.05) is 5.69 Å². The van der Waals surface area contributed by atoms with E-state index in [-0.39, 0.29) is 22.1 Å². The van der Waals surface area contributed by atoms with Crippen LogP contribution in [0.5, 0.6) is 0 Å². The zero-order valence-electron chi connectivity index (χ0n) is 11.8. The Bertz CT molecular complexity index is 889. The van der Waals surface area contributed by atoms with Crippen molar-refractivity contribution in [3.63, 3.8) is 0 Å². The van der Waals surface area contributed by atoms with Gasteiger partial charge in [-0.3, -0.25) is 9.59 Å². The second kappa shape index (κ2) is 5.76. The fourth-order valence-corrected chi connectivity index (χ4v) is 4.33. The zero-order chi connectivity index (χ0) is 16.6. The van der Waals surface area contributed by atoms with Crippen molar-refractivity contribution >= 4 is 38.9 Å². The molecule has 23 heavy (non-hydrogen) atoms. The lowest BCUT2D eigenvalue weighted by Gasteiger charge is -2.26. The summed E-state index contributed by atoms with van der Waals surface area (Å²) in [5, 5.41) is 12.0. The lowest BCUT2D eigenvalue weighted by molar-refractivity contribution is -0.116. The van der Waals surface area contributed by atoms with Crippen LogP contribution in [0.25, 0.3) is 0 Å². The smallest absolute Gasteiger partial charge is 0.263 e. The van der Waals surface area contributed by atoms with E-state index in [1.807, 2.05) is 0 Å². The van der Waals surface area contributed by atoms with E-state index >= 15 is 0 Å². The van der Waals surface area contributed by atoms with Gasteiger partial charge in [-0.1, -0.05) is 18.2 Å². The molecule has 0 fully saturated rings. The van der Waals surface area contributed by atoms with Crippen LogP contribution in [0.1, 0.15) is 27.7 Å². The molecule has 120 valence electrons. The number of thiophene rings is 1. The first-order chi connectivity index (χ1) is 10.9. The molecule has 0 radical (unpaired) electrons. The highest BCUT2D eigenvalue weighted by Gasteiger charge is 2.28. The highest BCUT2D eigenvalue weighted by atomic mass is 32.2. The second-order valence-corrected chi connectivity index (χ2v) is 7.47. The van der Waals surface area contributed by atoms with Gasteiger partial charge in [0.05, 0.1) is 12.5 Å². The SMILES string of the molecule is NS(=O)(=O)c1ccsc1C(=O)N[C@@H]1CC(=O)Nc2ccccc21. The quantitative estimate of drug-likeness (QED) is 0.770. The Morgan fingerprint density at radius 1 is 1.30 bits per heavy atom. The molecule has 4 N–H and O–H groups in total. The molecule has 1 atom stereocenters. The third-order valence-electron chi connectivity index (χ3n) is 3.45. The average molecular weight is 351 g/mol. The Morgan fingerprint density at radius 3 is 2.78 bits per heavy atom. The third kappa shape index (κ3) is 3.11. The first kappa shape index (κ1) is 15.7. The third-order valence-corrected chi connectivity index (χ3v) is 5.44. The molecule has 0 saturated carbocycles. The predicted octanol–water partition coefficient (Wildman–Crippen LogP) is 1.21. The largest absolute Gasteiger partial charge is 0.344 e. The number of amides is 2. The Labute approximate surface area is 136 Å². The van der Waals surface area contributed by atoms with Crippen molar-refractivity contribution in [3.05, 3.63) is 46.2 Å². The van der Waals surface area contributed by atoms with Gasteiger partial charge in [-0.15, -0.1) is 11.3 Å². The van der Waals surface area contributed by atoms with Crippen LogP contribution >= 0.6 is 11.3 Å². The van der Waals surface area contributed by atoms with Gasteiger partial charge in [-0.05, 0) is 23.1 Å². The molecule has 0 spiro atoms. The first-order valence-electron chi connectivity index (χ1n) is 6.66. The Morgan fingerprint density at radius 2 is 2.04 bits per heavy atom. The van der Waals surface area contributed by atoms with E-state index in [4.69, 9.17) is 5.14 Å². The predicted molar refractivity (Wildman–Crippen MR) is 85.6 cm³/mol. The van der Waals surface area contributed by atoms with Crippen molar-refractivity contribution in [2.24, 2.45) is 5.14 Å². The number of fused-ring (bicyclic) bond motifs is 1. The van der Waals surface area contributed by atoms with E-state index in [2.05, 4.69) is 10.6 Å². The van der Waals surface area contributed by atoms with E-state index < -0.39 is 22.0 Å². The Balaban J connectivity index is 1.90. The topological polar surface area (TPSA) is 118 Å². The number of anilines is 1. The van der Waals surface area contributed by atoms with Gasteiger partial charge in [0.1, 0.15) is 9.77 Å². The molecule has 7 nitrogen and oxygen atoms in total. The first-order valence-corrected chi connectivity index (χ1v) is 9.09. The number of primary sulfonamides is 1. The highest BCUT2D eigenvalue weighted by molar-refractivity contribution is 7.89. The van der Waals surface area contributed by atoms with Gasteiger partial charge in [0.25, 0.3) is 5.91 Å². The normalized spacial score (nSPS) is 17.3. The van der Waals surface area contributed by atoms with Crippen molar-refractivity contribution in [2.75, 3.05) is 5.32 Å². The van der Waals surface area contributed by atoms with Gasteiger partial charge < -0.3 is 10.6 Å². The van der Waals surface area contributed by atoms with E-state index in [0.717, 1.165) is 16.9 Å². The van der Waals surface area contributed by atoms with Crippen molar-refractivity contribution in [3.8, 4) is 0 Å². The molecule has 1 aliphatic rings. The summed E-state index contributed by atoms with van der Waals surface area (Å²) in [5.41, 5.74) is 1.40. The van der Waals surface area contributed by atoms with Crippen LogP contribution in [-0.4, -0.2) is 20.2 Å². The van der Waals surface area contributed by atoms with Crippen LogP contribution in [0.2, 0.25) is 0 Å². The van der Waals surface area contributed by atoms with E-state index in [1.165, 1.54) is 11.4 Å². The van der Waals surface area contributed by atoms with Crippen molar-refractivity contribution in [2.45, 2.75) is 17.4 Å². The number of para-hydroxylation sites is 1. The van der Waals surface area contributed by atoms with Crippen molar-refractivity contribution in [1.29, 1.82) is 0 Å². The van der Waals surface area contributed by atoms with Gasteiger partial charge in [-0.2, -0.15) is 0 Å². The lowest BCUT2D eigenvalue weighted by atomic mass is 9.97. The molecule has 0 saturated heterocycles. The average Bonchev–Trinajstić information content (AvgIpc) is 2.96. The molecule has 2 amide bonds. The van der Waals surface area contributed by atoms with Gasteiger partial charge in [-0.25, -0.2) is 13.6 Å². The lowest BCUT2D eigenvalue weighted by Crippen LogP contribution is -2.35. The minimum absolute atomic E-state index is 0.0102. The van der Waals surface area contributed by atoms with E-state index in [1.54, 1.807) is 24.3 Å². The number of rotatable bonds is 3. The van der Waals surface area contributed by atoms with Crippen LogP contribution < -0.4 is 15.8 Å². The number of sulfonamides is 1. The maximum atomic E-state index is 12.4. The minimum Gasteiger partial charge on any atom is -0.344 e. The monoisotopic (exact) mass is 351 g/mol. The summed E-state index contributed by atoms with van der Waals surface area (Å²) in [5.74, 6) is -0.787. The molecule has 9 heteroatoms. The standard InChI is InChI=1S/C14H13N3O4S2/c15-23(20,21)11-5-6-22-13(11)14(19)17-10-7-12(18)16-9-4-2-1-3-8(9)10/h1-6,10H,7H2,(H,16,18)(H,17,19)(H2,15,20,21)/t10-/m1/s1. The fraction of sp³-hybridized carbons (Fsp3) is 0.143. The van der Waals surface area contributed by atoms with Crippen LogP contribution in [0.3, 0.4) is 0 Å². The number of nitrogens with one attached hydrogen (secondary N) is 2. The fourth-order valence-electron chi connectivity index (χ4n) is 2.45. The summed E-state index contributed by atoms with van der Waals surface area (Å²) in [6, 6.07) is 7.89. The van der Waals surface area contributed by atoms with E-state index in [0.29, 0.717) is 5.69 Å². The van der Waals surface area contributed by atoms with Crippen LogP contribution in [-0.2, 0) is 14.8 Å². The summed E-state index contributed by atoms with van der Waals surface area (Å²) in [6.45, 7) is 0. The van der Waals surface area contributed by atoms with Crippen LogP contribution in [0.15, 0.2) is 40.6 Å². The molecule has 1 aromatic carbocycles. The Hall–Kier alpha value is -2.23. The number of benzene rings is 1. The number of hydrogen-bond donors (Lipinski definition) is 3. The maximum Gasteiger partial charge on any atom is 0.263 e. The molecule has 2 heterocycles.